The number of nitrogens with one attached hydrogen (secondary N) is 3. The number of aromatic nitrogens is 2. The van der Waals surface area contributed by atoms with Crippen LogP contribution in [0.25, 0.3) is 0 Å². The molecule has 0 radical (unpaired) electrons. The van der Waals surface area contributed by atoms with Gasteiger partial charge in [-0.2, -0.15) is 0 Å². The summed E-state index contributed by atoms with van der Waals surface area (Å²) in [6, 6.07) is 10.8. The molecule has 2 aromatic heterocycles. The van der Waals surface area contributed by atoms with E-state index in [1.165, 1.54) is 6.33 Å². The first-order valence-electron chi connectivity index (χ1n) is 8.13. The first kappa shape index (κ1) is 19.7. The maximum Gasteiger partial charge on any atom is 0.354 e. The Bertz CT molecular complexity index is 983. The number of thiophene rings is 1. The Morgan fingerprint density at radius 2 is 1.96 bits per heavy atom. The molecule has 1 amide bonds. The minimum absolute atomic E-state index is 0.0780. The number of benzene rings is 1. The molecule has 9 nitrogen and oxygen atoms in total. The Kier molecular flexibility index (Phi) is 6.50. The molecule has 0 saturated heterocycles. The zero-order valence-electron chi connectivity index (χ0n) is 14.4. The number of hydrazine groups is 1. The van der Waals surface area contributed by atoms with Crippen molar-refractivity contribution in [1.82, 2.24) is 15.4 Å². The normalized spacial score (nSPS) is 10.3. The van der Waals surface area contributed by atoms with E-state index in [2.05, 4.69) is 42.1 Å². The Labute approximate surface area is 172 Å². The van der Waals surface area contributed by atoms with Crippen molar-refractivity contribution in [3.63, 3.8) is 0 Å². The second kappa shape index (κ2) is 9.24. The van der Waals surface area contributed by atoms with Crippen molar-refractivity contribution in [1.29, 1.82) is 0 Å². The minimum atomic E-state index is -0.597. The number of nitrogens with zero attached hydrogens (tertiary/aromatic N) is 3. The van der Waals surface area contributed by atoms with Gasteiger partial charge in [0.05, 0.1) is 10.5 Å². The summed E-state index contributed by atoms with van der Waals surface area (Å²) < 4.78 is 0.599. The molecular formula is C17H15BrN6O3S. The van der Waals surface area contributed by atoms with Gasteiger partial charge in [0, 0.05) is 15.9 Å². The summed E-state index contributed by atoms with van der Waals surface area (Å²) in [5, 5.41) is 16.5. The molecule has 11 heteroatoms. The van der Waals surface area contributed by atoms with Gasteiger partial charge in [-0.15, -0.1) is 11.3 Å². The van der Waals surface area contributed by atoms with E-state index in [1.807, 2.05) is 17.5 Å². The summed E-state index contributed by atoms with van der Waals surface area (Å²) >= 11 is 4.90. The lowest BCUT2D eigenvalue weighted by atomic mass is 10.2. The van der Waals surface area contributed by atoms with E-state index in [9.17, 15) is 14.9 Å². The van der Waals surface area contributed by atoms with Gasteiger partial charge in [-0.05, 0) is 45.9 Å². The smallest absolute Gasteiger partial charge is 0.354 e. The molecule has 0 fully saturated rings. The highest BCUT2D eigenvalue weighted by molar-refractivity contribution is 9.10. The topological polar surface area (TPSA) is 122 Å². The number of carbonyl (C=O) groups is 1. The van der Waals surface area contributed by atoms with Crippen LogP contribution in [0.3, 0.4) is 0 Å². The molecular weight excluding hydrogens is 448 g/mol. The van der Waals surface area contributed by atoms with Crippen LogP contribution in [0.15, 0.2) is 52.6 Å². The molecule has 144 valence electrons. The van der Waals surface area contributed by atoms with Gasteiger partial charge < -0.3 is 5.32 Å². The van der Waals surface area contributed by atoms with Crippen molar-refractivity contribution in [3.05, 3.63) is 73.1 Å². The van der Waals surface area contributed by atoms with Crippen molar-refractivity contribution in [2.24, 2.45) is 0 Å². The van der Waals surface area contributed by atoms with Crippen LogP contribution in [0.4, 0.5) is 17.3 Å². The molecule has 1 aromatic carbocycles. The molecule has 3 rings (SSSR count). The lowest BCUT2D eigenvalue weighted by molar-refractivity contribution is -0.383. The molecule has 0 spiro atoms. The molecule has 3 aromatic rings. The highest BCUT2D eigenvalue weighted by Crippen LogP contribution is 2.28. The van der Waals surface area contributed by atoms with E-state index in [1.54, 1.807) is 35.6 Å². The summed E-state index contributed by atoms with van der Waals surface area (Å²) in [6.07, 6.45) is 1.90. The Morgan fingerprint density at radius 3 is 2.68 bits per heavy atom. The van der Waals surface area contributed by atoms with Gasteiger partial charge in [0.2, 0.25) is 11.6 Å². The third kappa shape index (κ3) is 4.81. The third-order valence-corrected chi connectivity index (χ3v) is 5.29. The van der Waals surface area contributed by atoms with Crippen LogP contribution in [-0.4, -0.2) is 27.3 Å². The average molecular weight is 463 g/mol. The monoisotopic (exact) mass is 462 g/mol. The Balaban J connectivity index is 1.71. The highest BCUT2D eigenvalue weighted by Gasteiger charge is 2.23. The SMILES string of the molecule is O=C(NNc1ncnc(NCCc2cccs2)c1[N+](=O)[O-])c1ccccc1Br. The molecule has 28 heavy (non-hydrogen) atoms. The van der Waals surface area contributed by atoms with Crippen LogP contribution in [0.5, 0.6) is 0 Å². The summed E-state index contributed by atoms with van der Waals surface area (Å²) in [6.45, 7) is 0.473. The maximum atomic E-state index is 12.3. The highest BCUT2D eigenvalue weighted by atomic mass is 79.9. The van der Waals surface area contributed by atoms with E-state index in [0.717, 1.165) is 4.88 Å². The molecule has 0 unspecified atom stereocenters. The van der Waals surface area contributed by atoms with Crippen LogP contribution >= 0.6 is 27.3 Å². The van der Waals surface area contributed by atoms with Crippen molar-refractivity contribution in [2.45, 2.75) is 6.42 Å². The molecule has 0 saturated carbocycles. The van der Waals surface area contributed by atoms with Gasteiger partial charge >= 0.3 is 5.69 Å². The predicted octanol–water partition coefficient (Wildman–Crippen LogP) is 3.62. The number of halogens is 1. The molecule has 0 atom stereocenters. The summed E-state index contributed by atoms with van der Waals surface area (Å²) in [5.41, 5.74) is 4.96. The van der Waals surface area contributed by atoms with E-state index in [-0.39, 0.29) is 17.3 Å². The number of hydrogen-bond acceptors (Lipinski definition) is 8. The fourth-order valence-corrected chi connectivity index (χ4v) is 3.53. The number of nitro groups is 1. The fourth-order valence-electron chi connectivity index (χ4n) is 2.36. The average Bonchev–Trinajstić information content (AvgIpc) is 3.20. The van der Waals surface area contributed by atoms with Crippen LogP contribution < -0.4 is 16.2 Å². The van der Waals surface area contributed by atoms with Gasteiger partial charge in [0.1, 0.15) is 6.33 Å². The molecule has 0 bridgehead atoms. The Morgan fingerprint density at radius 1 is 1.18 bits per heavy atom. The molecule has 0 aliphatic heterocycles. The van der Waals surface area contributed by atoms with Crippen molar-refractivity contribution in [2.75, 3.05) is 17.3 Å². The van der Waals surface area contributed by atoms with E-state index >= 15 is 0 Å². The van der Waals surface area contributed by atoms with Crippen LogP contribution in [0.2, 0.25) is 0 Å². The lowest BCUT2D eigenvalue weighted by Crippen LogP contribution is -2.30. The van der Waals surface area contributed by atoms with Crippen LogP contribution in [-0.2, 0) is 6.42 Å². The first-order valence-corrected chi connectivity index (χ1v) is 9.80. The van der Waals surface area contributed by atoms with Crippen LogP contribution in [0.1, 0.15) is 15.2 Å². The van der Waals surface area contributed by atoms with E-state index in [4.69, 9.17) is 0 Å². The quantitative estimate of drug-likeness (QED) is 0.345. The molecule has 3 N–H and O–H groups in total. The third-order valence-electron chi connectivity index (χ3n) is 3.66. The maximum absolute atomic E-state index is 12.3. The van der Waals surface area contributed by atoms with Crippen molar-refractivity contribution < 1.29 is 9.72 Å². The molecule has 0 aliphatic carbocycles. The van der Waals surface area contributed by atoms with Gasteiger partial charge in [-0.3, -0.25) is 25.8 Å². The predicted molar refractivity (Wildman–Crippen MR) is 110 cm³/mol. The molecule has 2 heterocycles. The summed E-state index contributed by atoms with van der Waals surface area (Å²) in [4.78, 5) is 32.2. The summed E-state index contributed by atoms with van der Waals surface area (Å²) in [5.74, 6) is -0.499. The van der Waals surface area contributed by atoms with Gasteiger partial charge in [-0.1, -0.05) is 18.2 Å². The number of hydrogen-bond donors (Lipinski definition) is 3. The van der Waals surface area contributed by atoms with Gasteiger partial charge in [0.15, 0.2) is 0 Å². The Hall–Kier alpha value is -3.05. The number of carbonyl (C=O) groups excluding carboxylic acids is 1. The van der Waals surface area contributed by atoms with Crippen molar-refractivity contribution in [3.8, 4) is 0 Å². The van der Waals surface area contributed by atoms with Crippen LogP contribution in [0, 0.1) is 10.1 Å². The first-order chi connectivity index (χ1) is 13.6. The molecule has 0 aliphatic rings. The second-order valence-electron chi connectivity index (χ2n) is 5.49. The zero-order valence-corrected chi connectivity index (χ0v) is 16.8. The number of anilines is 2. The van der Waals surface area contributed by atoms with Gasteiger partial charge in [-0.25, -0.2) is 9.97 Å². The van der Waals surface area contributed by atoms with E-state index < -0.39 is 10.8 Å². The lowest BCUT2D eigenvalue weighted by Gasteiger charge is -2.11. The number of rotatable bonds is 8. The fraction of sp³-hybridized carbons (Fsp3) is 0.118. The summed E-state index contributed by atoms with van der Waals surface area (Å²) in [7, 11) is 0. The standard InChI is InChI=1S/C17H15BrN6O3S/c18-13-6-2-1-5-12(13)17(25)23-22-16-14(24(26)27)15(20-10-21-16)19-8-7-11-4-3-9-28-11/h1-6,9-10H,7-8H2,(H,23,25)(H2,19,20,21,22). The number of amides is 1. The largest absolute Gasteiger partial charge is 0.364 e. The minimum Gasteiger partial charge on any atom is -0.364 e. The van der Waals surface area contributed by atoms with Gasteiger partial charge in [0.25, 0.3) is 5.91 Å². The van der Waals surface area contributed by atoms with Crippen molar-refractivity contribution >= 4 is 50.5 Å². The zero-order chi connectivity index (χ0) is 19.9. The van der Waals surface area contributed by atoms with E-state index in [0.29, 0.717) is 23.0 Å². The second-order valence-corrected chi connectivity index (χ2v) is 7.38.